The first-order valence-electron chi connectivity index (χ1n) is 9.47. The lowest BCUT2D eigenvalue weighted by Gasteiger charge is -2.32. The lowest BCUT2D eigenvalue weighted by molar-refractivity contribution is -0.139. The Morgan fingerprint density at radius 1 is 1.17 bits per heavy atom. The molecular formula is C20H29BClNO6. The molecule has 1 aromatic carbocycles. The number of hydrogen-bond donors (Lipinski definition) is 2. The highest BCUT2D eigenvalue weighted by molar-refractivity contribution is 6.62. The Kier molecular flexibility index (Phi) is 6.62. The summed E-state index contributed by atoms with van der Waals surface area (Å²) in [6.45, 7) is 12.9. The molecule has 7 nitrogen and oxygen atoms in total. The molecule has 1 fully saturated rings. The number of rotatable bonds is 5. The number of nitrogens with one attached hydrogen (secondary N) is 1. The van der Waals surface area contributed by atoms with Crippen LogP contribution in [0, 0.1) is 0 Å². The number of ether oxygens (including phenoxy) is 1. The van der Waals surface area contributed by atoms with Crippen LogP contribution in [0.15, 0.2) is 18.2 Å². The summed E-state index contributed by atoms with van der Waals surface area (Å²) in [5, 5.41) is 12.3. The Morgan fingerprint density at radius 2 is 1.72 bits per heavy atom. The van der Waals surface area contributed by atoms with Gasteiger partial charge in [0.05, 0.1) is 11.2 Å². The molecule has 0 radical (unpaired) electrons. The second-order valence-corrected chi connectivity index (χ2v) is 9.66. The van der Waals surface area contributed by atoms with E-state index in [9.17, 15) is 14.7 Å². The highest BCUT2D eigenvalue weighted by Crippen LogP contribution is 2.36. The molecule has 0 aliphatic carbocycles. The molecule has 0 unspecified atom stereocenters. The first-order valence-corrected chi connectivity index (χ1v) is 9.85. The molecule has 0 saturated carbocycles. The Morgan fingerprint density at radius 3 is 2.21 bits per heavy atom. The molecule has 2 N–H and O–H groups in total. The Bertz CT molecular complexity index is 774. The highest BCUT2D eigenvalue weighted by atomic mass is 35.5. The van der Waals surface area contributed by atoms with E-state index in [1.54, 1.807) is 39.0 Å². The normalized spacial score (nSPS) is 19.0. The van der Waals surface area contributed by atoms with Gasteiger partial charge in [-0.1, -0.05) is 17.7 Å². The standard InChI is InChI=1S/C20H29BClNO6/c1-18(2,3)27-17(26)23-15(16(24)25)10-12-8-13(11-14(22)9-12)21-28-19(4,5)20(6,7)29-21/h8-9,11,15H,10H2,1-7H3,(H,23,26)(H,24,25)/t15-/m0/s1. The summed E-state index contributed by atoms with van der Waals surface area (Å²) < 4.78 is 17.2. The van der Waals surface area contributed by atoms with Gasteiger partial charge in [-0.15, -0.1) is 0 Å². The number of amides is 1. The number of aliphatic carboxylic acids is 1. The molecular weight excluding hydrogens is 396 g/mol. The zero-order chi connectivity index (χ0) is 22.2. The van der Waals surface area contributed by atoms with Crippen molar-refractivity contribution in [3.05, 3.63) is 28.8 Å². The van der Waals surface area contributed by atoms with Crippen molar-refractivity contribution in [2.45, 2.75) is 77.7 Å². The third-order valence-corrected chi connectivity index (χ3v) is 5.15. The van der Waals surface area contributed by atoms with Crippen molar-refractivity contribution in [2.75, 3.05) is 0 Å². The summed E-state index contributed by atoms with van der Waals surface area (Å²) in [5.41, 5.74) is -0.435. The second kappa shape index (κ2) is 8.16. The van der Waals surface area contributed by atoms with Gasteiger partial charge in [-0.2, -0.15) is 0 Å². The van der Waals surface area contributed by atoms with E-state index in [1.165, 1.54) is 0 Å². The summed E-state index contributed by atoms with van der Waals surface area (Å²) in [5.74, 6) is -1.17. The van der Waals surface area contributed by atoms with Crippen LogP contribution >= 0.6 is 11.6 Å². The van der Waals surface area contributed by atoms with Crippen LogP contribution in [0.25, 0.3) is 0 Å². The monoisotopic (exact) mass is 425 g/mol. The number of carbonyl (C=O) groups excluding carboxylic acids is 1. The minimum Gasteiger partial charge on any atom is -0.480 e. The number of carbonyl (C=O) groups is 2. The van der Waals surface area contributed by atoms with Gasteiger partial charge in [0.2, 0.25) is 0 Å². The van der Waals surface area contributed by atoms with Gasteiger partial charge >= 0.3 is 19.2 Å². The number of alkyl carbamates (subject to hydrolysis) is 1. The molecule has 1 aliphatic heterocycles. The molecule has 1 atom stereocenters. The maximum absolute atomic E-state index is 12.0. The summed E-state index contributed by atoms with van der Waals surface area (Å²) in [7, 11) is -0.625. The van der Waals surface area contributed by atoms with Crippen molar-refractivity contribution in [2.24, 2.45) is 0 Å². The quantitative estimate of drug-likeness (QED) is 0.704. The predicted molar refractivity (Wildman–Crippen MR) is 112 cm³/mol. The molecule has 29 heavy (non-hydrogen) atoms. The number of halogens is 1. The van der Waals surface area contributed by atoms with E-state index in [0.717, 1.165) is 0 Å². The number of hydrogen-bond acceptors (Lipinski definition) is 5. The maximum Gasteiger partial charge on any atom is 0.494 e. The van der Waals surface area contributed by atoms with Crippen LogP contribution in [-0.4, -0.2) is 47.1 Å². The van der Waals surface area contributed by atoms with Crippen molar-refractivity contribution >= 4 is 36.2 Å². The lowest BCUT2D eigenvalue weighted by atomic mass is 9.78. The Hall–Kier alpha value is -1.77. The van der Waals surface area contributed by atoms with Crippen molar-refractivity contribution in [3.8, 4) is 0 Å². The van der Waals surface area contributed by atoms with Gasteiger partial charge in [0, 0.05) is 11.4 Å². The molecule has 1 aliphatic rings. The van der Waals surface area contributed by atoms with E-state index < -0.39 is 42.0 Å². The minimum atomic E-state index is -1.17. The molecule has 160 valence electrons. The van der Waals surface area contributed by atoms with E-state index in [0.29, 0.717) is 16.0 Å². The van der Waals surface area contributed by atoms with Crippen LogP contribution in [0.3, 0.4) is 0 Å². The summed E-state index contributed by atoms with van der Waals surface area (Å²) in [6.07, 6.45) is -0.764. The van der Waals surface area contributed by atoms with Crippen molar-refractivity contribution in [1.82, 2.24) is 5.32 Å². The third kappa shape index (κ3) is 6.11. The van der Waals surface area contributed by atoms with Crippen molar-refractivity contribution in [1.29, 1.82) is 0 Å². The Labute approximate surface area is 177 Å². The van der Waals surface area contributed by atoms with E-state index in [2.05, 4.69) is 5.32 Å². The third-order valence-electron chi connectivity index (χ3n) is 4.93. The van der Waals surface area contributed by atoms with E-state index in [-0.39, 0.29) is 6.42 Å². The Balaban J connectivity index is 2.20. The van der Waals surface area contributed by atoms with Gasteiger partial charge in [0.25, 0.3) is 0 Å². The van der Waals surface area contributed by atoms with Gasteiger partial charge in [-0.3, -0.25) is 0 Å². The lowest BCUT2D eigenvalue weighted by Crippen LogP contribution is -2.45. The van der Waals surface area contributed by atoms with Gasteiger partial charge in [-0.25, -0.2) is 9.59 Å². The van der Waals surface area contributed by atoms with Crippen LogP contribution in [0.2, 0.25) is 5.02 Å². The summed E-state index contributed by atoms with van der Waals surface area (Å²) >= 11 is 6.26. The largest absolute Gasteiger partial charge is 0.494 e. The molecule has 0 bridgehead atoms. The van der Waals surface area contributed by atoms with E-state index in [4.69, 9.17) is 25.6 Å². The smallest absolute Gasteiger partial charge is 0.480 e. The highest BCUT2D eigenvalue weighted by Gasteiger charge is 2.51. The summed E-state index contributed by atoms with van der Waals surface area (Å²) in [6, 6.07) is 3.99. The molecule has 0 spiro atoms. The SMILES string of the molecule is CC(C)(C)OC(=O)N[C@@H](Cc1cc(Cl)cc(B2OC(C)(C)C(C)(C)O2)c1)C(=O)O. The second-order valence-electron chi connectivity index (χ2n) is 9.22. The molecule has 2 rings (SSSR count). The molecule has 1 amide bonds. The first kappa shape index (κ1) is 23.5. The average Bonchev–Trinajstić information content (AvgIpc) is 2.72. The molecule has 9 heteroatoms. The molecule has 1 saturated heterocycles. The zero-order valence-electron chi connectivity index (χ0n) is 18.0. The number of carboxylic acids is 1. The minimum absolute atomic E-state index is 0.0294. The molecule has 0 aromatic heterocycles. The fourth-order valence-corrected chi connectivity index (χ4v) is 3.06. The summed E-state index contributed by atoms with van der Waals surface area (Å²) in [4.78, 5) is 23.6. The predicted octanol–water partition coefficient (Wildman–Crippen LogP) is 3.16. The average molecular weight is 426 g/mol. The number of carboxylic acid groups (broad SMARTS) is 1. The van der Waals surface area contributed by atoms with Crippen LogP contribution < -0.4 is 10.8 Å². The van der Waals surface area contributed by atoms with E-state index >= 15 is 0 Å². The number of benzene rings is 1. The first-order chi connectivity index (χ1) is 13.1. The van der Waals surface area contributed by atoms with Gasteiger partial charge < -0.3 is 24.5 Å². The van der Waals surface area contributed by atoms with Crippen LogP contribution in [-0.2, 0) is 25.3 Å². The topological polar surface area (TPSA) is 94.1 Å². The van der Waals surface area contributed by atoms with Crippen LogP contribution in [0.4, 0.5) is 4.79 Å². The molecule has 1 heterocycles. The van der Waals surface area contributed by atoms with Gasteiger partial charge in [0.15, 0.2) is 0 Å². The van der Waals surface area contributed by atoms with Crippen molar-refractivity contribution in [3.63, 3.8) is 0 Å². The maximum atomic E-state index is 12.0. The van der Waals surface area contributed by atoms with Gasteiger partial charge in [-0.05, 0) is 71.6 Å². The molecule has 1 aromatic rings. The van der Waals surface area contributed by atoms with E-state index in [1.807, 2.05) is 27.7 Å². The fraction of sp³-hybridized carbons (Fsp3) is 0.600. The van der Waals surface area contributed by atoms with Crippen LogP contribution in [0.5, 0.6) is 0 Å². The van der Waals surface area contributed by atoms with Gasteiger partial charge in [0.1, 0.15) is 11.6 Å². The fourth-order valence-electron chi connectivity index (χ4n) is 2.79. The zero-order valence-corrected chi connectivity index (χ0v) is 18.7. The van der Waals surface area contributed by atoms with Crippen molar-refractivity contribution < 1.29 is 28.7 Å². The van der Waals surface area contributed by atoms with Crippen LogP contribution in [0.1, 0.15) is 54.0 Å².